The second-order valence-corrected chi connectivity index (χ2v) is 3.27. The molecular weight excluding hydrogens is 172 g/mol. The number of ketones is 1. The molecule has 0 aromatic heterocycles. The molecule has 4 heteroatoms. The van der Waals surface area contributed by atoms with Crippen LogP contribution in [0.3, 0.4) is 0 Å². The van der Waals surface area contributed by atoms with E-state index in [2.05, 4.69) is 0 Å². The zero-order chi connectivity index (χ0) is 9.84. The summed E-state index contributed by atoms with van der Waals surface area (Å²) in [5, 5.41) is 8.89. The Morgan fingerprint density at radius 3 is 2.92 bits per heavy atom. The van der Waals surface area contributed by atoms with Gasteiger partial charge in [0.05, 0.1) is 13.2 Å². The Hall–Kier alpha value is -0.900. The maximum Gasteiger partial charge on any atom is 0.316 e. The molecule has 2 unspecified atom stereocenters. The molecule has 1 rings (SSSR count). The quantitative estimate of drug-likeness (QED) is 0.501. The lowest BCUT2D eigenvalue weighted by atomic mass is 9.90. The first-order valence-electron chi connectivity index (χ1n) is 4.51. The van der Waals surface area contributed by atoms with Gasteiger partial charge in [-0.1, -0.05) is 6.92 Å². The third kappa shape index (κ3) is 2.06. The highest BCUT2D eigenvalue weighted by molar-refractivity contribution is 6.00. The minimum atomic E-state index is -0.718. The zero-order valence-corrected chi connectivity index (χ0v) is 7.66. The molecule has 0 aromatic rings. The molecule has 0 bridgehead atoms. The largest absolute Gasteiger partial charge is 0.465 e. The Morgan fingerprint density at radius 2 is 2.38 bits per heavy atom. The van der Waals surface area contributed by atoms with Gasteiger partial charge in [-0.25, -0.2) is 0 Å². The van der Waals surface area contributed by atoms with Crippen LogP contribution in [0.2, 0.25) is 0 Å². The van der Waals surface area contributed by atoms with Crippen LogP contribution >= 0.6 is 0 Å². The van der Waals surface area contributed by atoms with Crippen molar-refractivity contribution in [2.45, 2.75) is 19.8 Å². The lowest BCUT2D eigenvalue weighted by Gasteiger charge is -2.09. The van der Waals surface area contributed by atoms with Crippen LogP contribution < -0.4 is 0 Å². The number of carbonyl (C=O) groups excluding carboxylic acids is 2. The zero-order valence-electron chi connectivity index (χ0n) is 7.66. The lowest BCUT2D eigenvalue weighted by Crippen LogP contribution is -2.27. The van der Waals surface area contributed by atoms with Crippen molar-refractivity contribution in [1.29, 1.82) is 0 Å². The first-order valence-corrected chi connectivity index (χ1v) is 4.51. The van der Waals surface area contributed by atoms with Gasteiger partial charge in [-0.05, 0) is 6.42 Å². The van der Waals surface area contributed by atoms with Crippen molar-refractivity contribution in [3.05, 3.63) is 0 Å². The van der Waals surface area contributed by atoms with Crippen molar-refractivity contribution in [2.24, 2.45) is 11.8 Å². The Labute approximate surface area is 76.9 Å². The molecule has 1 saturated heterocycles. The maximum atomic E-state index is 11.4. The molecule has 1 aliphatic rings. The minimum absolute atomic E-state index is 0.107. The fourth-order valence-corrected chi connectivity index (χ4v) is 1.52. The lowest BCUT2D eigenvalue weighted by molar-refractivity contribution is -0.144. The SMILES string of the molecule is CCCC(=O)C1C(=O)OCC1CO. The fraction of sp³-hybridized carbons (Fsp3) is 0.778. The molecule has 4 nitrogen and oxygen atoms in total. The normalized spacial score (nSPS) is 27.4. The number of esters is 1. The monoisotopic (exact) mass is 186 g/mol. The van der Waals surface area contributed by atoms with Gasteiger partial charge in [-0.3, -0.25) is 9.59 Å². The Balaban J connectivity index is 2.63. The highest BCUT2D eigenvalue weighted by atomic mass is 16.5. The summed E-state index contributed by atoms with van der Waals surface area (Å²) in [6.45, 7) is 1.90. The van der Waals surface area contributed by atoms with Crippen molar-refractivity contribution in [3.8, 4) is 0 Å². The summed E-state index contributed by atoms with van der Waals surface area (Å²) in [7, 11) is 0. The van der Waals surface area contributed by atoms with Gasteiger partial charge in [-0.15, -0.1) is 0 Å². The predicted molar refractivity (Wildman–Crippen MR) is 44.9 cm³/mol. The summed E-state index contributed by atoms with van der Waals surface area (Å²) in [5.74, 6) is -1.63. The number of rotatable bonds is 4. The first kappa shape index (κ1) is 10.2. The van der Waals surface area contributed by atoms with Gasteiger partial charge in [0, 0.05) is 12.3 Å². The molecule has 0 spiro atoms. The van der Waals surface area contributed by atoms with Crippen molar-refractivity contribution < 1.29 is 19.4 Å². The van der Waals surface area contributed by atoms with Gasteiger partial charge >= 0.3 is 5.97 Å². The van der Waals surface area contributed by atoms with Crippen molar-refractivity contribution >= 4 is 11.8 Å². The molecule has 0 radical (unpaired) electrons. The number of cyclic esters (lactones) is 1. The minimum Gasteiger partial charge on any atom is -0.465 e. The molecular formula is C9H14O4. The summed E-state index contributed by atoms with van der Waals surface area (Å²) in [5.41, 5.74) is 0. The number of hydrogen-bond acceptors (Lipinski definition) is 4. The molecule has 74 valence electrons. The summed E-state index contributed by atoms with van der Waals surface area (Å²) < 4.78 is 4.72. The van der Waals surface area contributed by atoms with E-state index >= 15 is 0 Å². The summed E-state index contributed by atoms with van der Waals surface area (Å²) in [4.78, 5) is 22.5. The molecule has 1 fully saturated rings. The fourth-order valence-electron chi connectivity index (χ4n) is 1.52. The van der Waals surface area contributed by atoms with Gasteiger partial charge in [0.1, 0.15) is 11.7 Å². The highest BCUT2D eigenvalue weighted by Gasteiger charge is 2.40. The van der Waals surface area contributed by atoms with Crippen LogP contribution in [-0.4, -0.2) is 30.1 Å². The molecule has 1 aliphatic heterocycles. The van der Waals surface area contributed by atoms with E-state index in [1.165, 1.54) is 0 Å². The number of Topliss-reactive ketones (excluding diaryl/α,β-unsaturated/α-hetero) is 1. The summed E-state index contributed by atoms with van der Waals surface area (Å²) >= 11 is 0. The molecule has 0 amide bonds. The van der Waals surface area contributed by atoms with Crippen LogP contribution in [0.25, 0.3) is 0 Å². The van der Waals surface area contributed by atoms with Crippen molar-refractivity contribution in [1.82, 2.24) is 0 Å². The molecule has 1 heterocycles. The number of carbonyl (C=O) groups is 2. The number of ether oxygens (including phenoxy) is 1. The smallest absolute Gasteiger partial charge is 0.316 e. The van der Waals surface area contributed by atoms with Gasteiger partial charge in [0.25, 0.3) is 0 Å². The van der Waals surface area contributed by atoms with E-state index in [-0.39, 0.29) is 24.9 Å². The Kier molecular flexibility index (Phi) is 3.42. The van der Waals surface area contributed by atoms with Gasteiger partial charge in [-0.2, -0.15) is 0 Å². The predicted octanol–water partition coefficient (Wildman–Crippen LogP) is 0.137. The van der Waals surface area contributed by atoms with E-state index in [0.717, 1.165) is 6.42 Å². The average Bonchev–Trinajstić information content (AvgIpc) is 2.47. The van der Waals surface area contributed by atoms with E-state index < -0.39 is 11.9 Å². The van der Waals surface area contributed by atoms with Crippen LogP contribution in [-0.2, 0) is 14.3 Å². The van der Waals surface area contributed by atoms with Gasteiger partial charge < -0.3 is 9.84 Å². The summed E-state index contributed by atoms with van der Waals surface area (Å²) in [6, 6.07) is 0. The van der Waals surface area contributed by atoms with E-state index in [0.29, 0.717) is 6.42 Å². The maximum absolute atomic E-state index is 11.4. The van der Waals surface area contributed by atoms with E-state index in [9.17, 15) is 9.59 Å². The molecule has 0 aliphatic carbocycles. The number of hydrogen-bond donors (Lipinski definition) is 1. The Bertz CT molecular complexity index is 212. The van der Waals surface area contributed by atoms with Gasteiger partial charge in [0.15, 0.2) is 0 Å². The second-order valence-electron chi connectivity index (χ2n) is 3.27. The van der Waals surface area contributed by atoms with Crippen molar-refractivity contribution in [3.63, 3.8) is 0 Å². The van der Waals surface area contributed by atoms with Crippen LogP contribution in [0.4, 0.5) is 0 Å². The summed E-state index contributed by atoms with van der Waals surface area (Å²) in [6.07, 6.45) is 1.11. The molecule has 2 atom stereocenters. The third-order valence-corrected chi connectivity index (χ3v) is 2.24. The van der Waals surface area contributed by atoms with Crippen LogP contribution in [0.15, 0.2) is 0 Å². The Morgan fingerprint density at radius 1 is 1.69 bits per heavy atom. The average molecular weight is 186 g/mol. The topological polar surface area (TPSA) is 63.6 Å². The van der Waals surface area contributed by atoms with E-state index in [4.69, 9.17) is 9.84 Å². The molecule has 1 N–H and O–H groups in total. The standard InChI is InChI=1S/C9H14O4/c1-2-3-7(11)8-6(4-10)5-13-9(8)12/h6,8,10H,2-5H2,1H3. The van der Waals surface area contributed by atoms with Crippen LogP contribution in [0.5, 0.6) is 0 Å². The number of aliphatic hydroxyl groups excluding tert-OH is 1. The van der Waals surface area contributed by atoms with Crippen LogP contribution in [0, 0.1) is 11.8 Å². The second kappa shape index (κ2) is 4.37. The first-order chi connectivity index (χ1) is 6.20. The van der Waals surface area contributed by atoms with E-state index in [1.54, 1.807) is 0 Å². The van der Waals surface area contributed by atoms with Crippen LogP contribution in [0.1, 0.15) is 19.8 Å². The van der Waals surface area contributed by atoms with E-state index in [1.807, 2.05) is 6.92 Å². The van der Waals surface area contributed by atoms with Crippen molar-refractivity contribution in [2.75, 3.05) is 13.2 Å². The number of aliphatic hydroxyl groups is 1. The molecule has 13 heavy (non-hydrogen) atoms. The molecule has 0 aromatic carbocycles. The highest BCUT2D eigenvalue weighted by Crippen LogP contribution is 2.24. The van der Waals surface area contributed by atoms with Gasteiger partial charge in [0.2, 0.25) is 0 Å². The third-order valence-electron chi connectivity index (χ3n) is 2.24. The molecule has 0 saturated carbocycles.